The van der Waals surface area contributed by atoms with Gasteiger partial charge in [0.2, 0.25) is 0 Å². The normalized spacial score (nSPS) is 10.7. The van der Waals surface area contributed by atoms with Crippen LogP contribution in [0.15, 0.2) is 24.3 Å². The number of nitrogens with one attached hydrogen (secondary N) is 2. The van der Waals surface area contributed by atoms with E-state index in [2.05, 4.69) is 53.6 Å². The van der Waals surface area contributed by atoms with Crippen molar-refractivity contribution in [3.8, 4) is 11.3 Å². The maximum absolute atomic E-state index is 4.32. The number of aromatic nitrogens is 2. The van der Waals surface area contributed by atoms with Crippen LogP contribution < -0.4 is 5.32 Å². The zero-order chi connectivity index (χ0) is 11.5. The number of rotatable bonds is 3. The van der Waals surface area contributed by atoms with E-state index in [0.29, 0.717) is 0 Å². The largest absolute Gasteiger partial charge is 0.314 e. The summed E-state index contributed by atoms with van der Waals surface area (Å²) >= 11 is 0. The van der Waals surface area contributed by atoms with Crippen molar-refractivity contribution >= 4 is 0 Å². The second kappa shape index (κ2) is 4.49. The lowest BCUT2D eigenvalue weighted by molar-refractivity contribution is 0.784. The standard InChI is InChI=1S/C13H17N3/c1-9-4-10(2)6-11(5-9)13-7-12(8-14-3)15-16-13/h4-7,14H,8H2,1-3H3,(H,15,16). The van der Waals surface area contributed by atoms with Crippen molar-refractivity contribution in [1.29, 1.82) is 0 Å². The molecule has 3 heteroatoms. The quantitative estimate of drug-likeness (QED) is 0.825. The Morgan fingerprint density at radius 3 is 2.44 bits per heavy atom. The average molecular weight is 215 g/mol. The summed E-state index contributed by atoms with van der Waals surface area (Å²) in [5.41, 5.74) is 5.84. The SMILES string of the molecule is CNCc1cc(-c2cc(C)cc(C)c2)n[nH]1. The summed E-state index contributed by atoms with van der Waals surface area (Å²) < 4.78 is 0. The smallest absolute Gasteiger partial charge is 0.0924 e. The van der Waals surface area contributed by atoms with Gasteiger partial charge in [0.25, 0.3) is 0 Å². The summed E-state index contributed by atoms with van der Waals surface area (Å²) in [6.45, 7) is 5.03. The minimum Gasteiger partial charge on any atom is -0.314 e. The molecule has 0 saturated heterocycles. The van der Waals surface area contributed by atoms with Crippen LogP contribution in [0.1, 0.15) is 16.8 Å². The van der Waals surface area contributed by atoms with Crippen molar-refractivity contribution in [2.24, 2.45) is 0 Å². The molecule has 1 aromatic heterocycles. The number of H-pyrrole nitrogens is 1. The molecule has 2 N–H and O–H groups in total. The monoisotopic (exact) mass is 215 g/mol. The molecule has 0 amide bonds. The Bertz CT molecular complexity index is 465. The minimum absolute atomic E-state index is 0.817. The molecule has 0 unspecified atom stereocenters. The fourth-order valence-electron chi connectivity index (χ4n) is 1.91. The van der Waals surface area contributed by atoms with Crippen LogP contribution in [-0.2, 0) is 6.54 Å². The van der Waals surface area contributed by atoms with Crippen molar-refractivity contribution in [3.05, 3.63) is 41.1 Å². The highest BCUT2D eigenvalue weighted by atomic mass is 15.1. The van der Waals surface area contributed by atoms with Gasteiger partial charge in [-0.2, -0.15) is 5.10 Å². The van der Waals surface area contributed by atoms with Crippen LogP contribution in [0.4, 0.5) is 0 Å². The van der Waals surface area contributed by atoms with E-state index in [1.54, 1.807) is 0 Å². The summed E-state index contributed by atoms with van der Waals surface area (Å²) in [7, 11) is 1.93. The van der Waals surface area contributed by atoms with Gasteiger partial charge in [0.1, 0.15) is 0 Å². The van der Waals surface area contributed by atoms with E-state index in [1.807, 2.05) is 7.05 Å². The summed E-state index contributed by atoms with van der Waals surface area (Å²) in [4.78, 5) is 0. The van der Waals surface area contributed by atoms with Crippen LogP contribution in [-0.4, -0.2) is 17.2 Å². The molecule has 1 aromatic carbocycles. The fraction of sp³-hybridized carbons (Fsp3) is 0.308. The zero-order valence-electron chi connectivity index (χ0n) is 9.96. The number of benzene rings is 1. The Morgan fingerprint density at radius 2 is 1.81 bits per heavy atom. The van der Waals surface area contributed by atoms with Gasteiger partial charge in [-0.05, 0) is 39.1 Å². The fourth-order valence-corrected chi connectivity index (χ4v) is 1.91. The highest BCUT2D eigenvalue weighted by molar-refractivity contribution is 5.61. The summed E-state index contributed by atoms with van der Waals surface area (Å²) in [5, 5.41) is 10.5. The molecule has 0 fully saturated rings. The molecule has 0 aliphatic rings. The summed E-state index contributed by atoms with van der Waals surface area (Å²) in [6.07, 6.45) is 0. The van der Waals surface area contributed by atoms with E-state index in [1.165, 1.54) is 16.7 Å². The van der Waals surface area contributed by atoms with Crippen LogP contribution in [0.25, 0.3) is 11.3 Å². The van der Waals surface area contributed by atoms with Gasteiger partial charge in [-0.1, -0.05) is 17.2 Å². The van der Waals surface area contributed by atoms with Crippen LogP contribution in [0.5, 0.6) is 0 Å². The number of aryl methyl sites for hydroxylation is 2. The lowest BCUT2D eigenvalue weighted by atomic mass is 10.1. The topological polar surface area (TPSA) is 40.7 Å². The molecule has 0 aliphatic carbocycles. The second-order valence-electron chi connectivity index (χ2n) is 4.19. The Balaban J connectivity index is 2.34. The van der Waals surface area contributed by atoms with Crippen molar-refractivity contribution < 1.29 is 0 Å². The molecular weight excluding hydrogens is 198 g/mol. The first-order valence-corrected chi connectivity index (χ1v) is 5.46. The van der Waals surface area contributed by atoms with E-state index < -0.39 is 0 Å². The third-order valence-electron chi connectivity index (χ3n) is 2.52. The molecule has 0 spiro atoms. The Hall–Kier alpha value is -1.61. The molecule has 2 aromatic rings. The van der Waals surface area contributed by atoms with Gasteiger partial charge in [-0.3, -0.25) is 5.10 Å². The number of hydrogen-bond acceptors (Lipinski definition) is 2. The number of hydrogen-bond donors (Lipinski definition) is 2. The van der Waals surface area contributed by atoms with E-state index in [9.17, 15) is 0 Å². The zero-order valence-corrected chi connectivity index (χ0v) is 9.96. The first kappa shape index (κ1) is 10.9. The summed E-state index contributed by atoms with van der Waals surface area (Å²) in [6, 6.07) is 8.58. The van der Waals surface area contributed by atoms with E-state index >= 15 is 0 Å². The average Bonchev–Trinajstić information content (AvgIpc) is 2.65. The molecule has 1 heterocycles. The second-order valence-corrected chi connectivity index (χ2v) is 4.19. The van der Waals surface area contributed by atoms with E-state index in [0.717, 1.165) is 17.9 Å². The molecule has 0 atom stereocenters. The third kappa shape index (κ3) is 2.31. The van der Waals surface area contributed by atoms with Crippen LogP contribution in [0.2, 0.25) is 0 Å². The lowest BCUT2D eigenvalue weighted by Gasteiger charge is -2.01. The molecule has 84 valence electrons. The number of nitrogens with zero attached hydrogens (tertiary/aromatic N) is 1. The van der Waals surface area contributed by atoms with Gasteiger partial charge in [0, 0.05) is 17.8 Å². The first-order chi connectivity index (χ1) is 7.69. The summed E-state index contributed by atoms with van der Waals surface area (Å²) in [5.74, 6) is 0. The first-order valence-electron chi connectivity index (χ1n) is 5.46. The molecule has 0 radical (unpaired) electrons. The lowest BCUT2D eigenvalue weighted by Crippen LogP contribution is -2.04. The van der Waals surface area contributed by atoms with Gasteiger partial charge < -0.3 is 5.32 Å². The van der Waals surface area contributed by atoms with Gasteiger partial charge in [0.15, 0.2) is 0 Å². The molecular formula is C13H17N3. The van der Waals surface area contributed by atoms with Gasteiger partial charge in [0.05, 0.1) is 5.69 Å². The van der Waals surface area contributed by atoms with Crippen molar-refractivity contribution in [1.82, 2.24) is 15.5 Å². The van der Waals surface area contributed by atoms with E-state index in [-0.39, 0.29) is 0 Å². The van der Waals surface area contributed by atoms with Crippen LogP contribution >= 0.6 is 0 Å². The molecule has 0 saturated carbocycles. The highest BCUT2D eigenvalue weighted by Crippen LogP contribution is 2.20. The highest BCUT2D eigenvalue weighted by Gasteiger charge is 2.04. The van der Waals surface area contributed by atoms with Crippen LogP contribution in [0.3, 0.4) is 0 Å². The molecule has 2 rings (SSSR count). The third-order valence-corrected chi connectivity index (χ3v) is 2.52. The Labute approximate surface area is 95.9 Å². The van der Waals surface area contributed by atoms with Crippen LogP contribution in [0, 0.1) is 13.8 Å². The minimum atomic E-state index is 0.817. The predicted octanol–water partition coefficient (Wildman–Crippen LogP) is 2.41. The molecule has 16 heavy (non-hydrogen) atoms. The molecule has 0 aliphatic heterocycles. The molecule has 3 nitrogen and oxygen atoms in total. The van der Waals surface area contributed by atoms with Gasteiger partial charge in [-0.15, -0.1) is 0 Å². The van der Waals surface area contributed by atoms with Crippen molar-refractivity contribution in [2.45, 2.75) is 20.4 Å². The van der Waals surface area contributed by atoms with Crippen molar-refractivity contribution in [2.75, 3.05) is 7.05 Å². The maximum Gasteiger partial charge on any atom is 0.0924 e. The van der Waals surface area contributed by atoms with Crippen molar-refractivity contribution in [3.63, 3.8) is 0 Å². The van der Waals surface area contributed by atoms with Gasteiger partial charge >= 0.3 is 0 Å². The maximum atomic E-state index is 4.32. The Morgan fingerprint density at radius 1 is 1.12 bits per heavy atom. The van der Waals surface area contributed by atoms with Gasteiger partial charge in [-0.25, -0.2) is 0 Å². The Kier molecular flexibility index (Phi) is 3.06. The predicted molar refractivity (Wildman–Crippen MR) is 66.3 cm³/mol. The number of aromatic amines is 1. The van der Waals surface area contributed by atoms with E-state index in [4.69, 9.17) is 0 Å². The molecule has 0 bridgehead atoms.